The summed E-state index contributed by atoms with van der Waals surface area (Å²) in [5.41, 5.74) is 0.582. The Bertz CT molecular complexity index is 547. The number of benzene rings is 1. The van der Waals surface area contributed by atoms with E-state index in [4.69, 9.17) is 11.1 Å². The van der Waals surface area contributed by atoms with Crippen LogP contribution < -0.4 is 10.8 Å². The van der Waals surface area contributed by atoms with Crippen LogP contribution in [0.5, 0.6) is 0 Å². The quantitative estimate of drug-likeness (QED) is 0.666. The van der Waals surface area contributed by atoms with Crippen LogP contribution in [0.4, 0.5) is 0 Å². The Morgan fingerprint density at radius 1 is 1.33 bits per heavy atom. The van der Waals surface area contributed by atoms with Gasteiger partial charge in [-0.3, -0.25) is 4.79 Å². The second-order valence-electron chi connectivity index (χ2n) is 6.09. The van der Waals surface area contributed by atoms with Crippen LogP contribution in [-0.2, 0) is 4.65 Å². The summed E-state index contributed by atoms with van der Waals surface area (Å²) in [5, 5.41) is 2.59. The van der Waals surface area contributed by atoms with Crippen LogP contribution in [0.25, 0.3) is 0 Å². The van der Waals surface area contributed by atoms with Crippen molar-refractivity contribution in [1.29, 1.82) is 0 Å². The molecule has 0 bridgehead atoms. The minimum atomic E-state index is -0.520. The minimum absolute atomic E-state index is 0. The van der Waals surface area contributed by atoms with Gasteiger partial charge in [0.05, 0.1) is 11.0 Å². The molecule has 0 aromatic heterocycles. The Morgan fingerprint density at radius 3 is 2.29 bits per heavy atom. The molecule has 1 aromatic carbocycles. The number of rotatable bonds is 5. The van der Waals surface area contributed by atoms with Crippen molar-refractivity contribution >= 4 is 18.3 Å². The topological polar surface area (TPSA) is 38.3 Å². The number of hydrogen-bond acceptors (Lipinski definition) is 2. The maximum absolute atomic E-state index is 11.5. The van der Waals surface area contributed by atoms with Crippen LogP contribution in [0, 0.1) is 24.6 Å². The fourth-order valence-electron chi connectivity index (χ4n) is 1.74. The van der Waals surface area contributed by atoms with Crippen molar-refractivity contribution in [3.05, 3.63) is 36.7 Å². The lowest BCUT2D eigenvalue weighted by molar-refractivity contribution is 0.0248. The van der Waals surface area contributed by atoms with E-state index in [1.54, 1.807) is 19.2 Å². The van der Waals surface area contributed by atoms with Gasteiger partial charge >= 0.3 is 6.92 Å². The largest absolute Gasteiger partial charge is 0.425 e. The monoisotopic (exact) mass is 286 g/mol. The third-order valence-electron chi connectivity index (χ3n) is 4.07. The first kappa shape index (κ1) is 17.3. The molecule has 21 heavy (non-hydrogen) atoms. The van der Waals surface area contributed by atoms with Gasteiger partial charge in [0.15, 0.2) is 0 Å². The second-order valence-corrected chi connectivity index (χ2v) is 6.09. The van der Waals surface area contributed by atoms with Crippen LogP contribution in [-0.4, -0.2) is 25.5 Å². The van der Waals surface area contributed by atoms with Gasteiger partial charge in [-0.1, -0.05) is 18.1 Å². The average Bonchev–Trinajstić information content (AvgIpc) is 2.45. The van der Waals surface area contributed by atoms with Gasteiger partial charge in [-0.25, -0.2) is 0 Å². The van der Waals surface area contributed by atoms with Crippen LogP contribution in [0.1, 0.15) is 39.5 Å². The highest BCUT2D eigenvalue weighted by Gasteiger charge is 2.38. The lowest BCUT2D eigenvalue weighted by atomic mass is 9.61. The van der Waals surface area contributed by atoms with Crippen molar-refractivity contribution < 1.29 is 10.9 Å². The molecule has 3 nitrogen and oxygen atoms in total. The fourth-order valence-corrected chi connectivity index (χ4v) is 1.74. The predicted octanol–water partition coefficient (Wildman–Crippen LogP) is 2.32. The van der Waals surface area contributed by atoms with Crippen molar-refractivity contribution in [1.82, 2.24) is 5.32 Å². The molecule has 4 heteroatoms. The Morgan fingerprint density at radius 2 is 1.86 bits per heavy atom. The lowest BCUT2D eigenvalue weighted by Gasteiger charge is -2.39. The Labute approximate surface area is 130 Å². The Hall–Kier alpha value is -1.73. The van der Waals surface area contributed by atoms with E-state index in [0.717, 1.165) is 5.46 Å². The first-order valence-electron chi connectivity index (χ1n) is 6.95. The molecule has 0 aliphatic heterocycles. The van der Waals surface area contributed by atoms with E-state index in [2.05, 4.69) is 18.1 Å². The third-order valence-corrected chi connectivity index (χ3v) is 4.07. The first-order valence-corrected chi connectivity index (χ1v) is 6.95. The first-order chi connectivity index (χ1) is 9.64. The molecule has 0 unspecified atom stereocenters. The summed E-state index contributed by atoms with van der Waals surface area (Å²) in [7, 11) is 1.61. The normalized spacial score (nSPS) is 11.7. The summed E-state index contributed by atoms with van der Waals surface area (Å²) in [6.45, 7) is 11.5. The highest BCUT2D eigenvalue weighted by atomic mass is 16.5. The summed E-state index contributed by atoms with van der Waals surface area (Å²) in [6, 6.07) is 7.21. The van der Waals surface area contributed by atoms with Gasteiger partial charge in [0.25, 0.3) is 5.91 Å². The van der Waals surface area contributed by atoms with E-state index in [0.29, 0.717) is 5.56 Å². The van der Waals surface area contributed by atoms with Crippen LogP contribution >= 0.6 is 0 Å². The summed E-state index contributed by atoms with van der Waals surface area (Å²) >= 11 is 0. The SMILES string of the molecule is C#CC(C)(C)C(C)(C)OB([CH2])c1ccc(C(=O)NC)cc1.[HH]. The minimum Gasteiger partial charge on any atom is -0.425 e. The zero-order valence-corrected chi connectivity index (χ0v) is 13.5. The highest BCUT2D eigenvalue weighted by molar-refractivity contribution is 6.69. The fraction of sp³-hybridized carbons (Fsp3) is 0.412. The molecular formula is C17H25BNO2. The number of nitrogens with one attached hydrogen (secondary N) is 1. The molecule has 1 rings (SSSR count). The number of amides is 1. The molecule has 1 radical (unpaired) electrons. The van der Waals surface area contributed by atoms with Gasteiger partial charge in [-0.2, -0.15) is 0 Å². The smallest absolute Gasteiger partial charge is 0.326 e. The van der Waals surface area contributed by atoms with E-state index in [1.807, 2.05) is 39.8 Å². The predicted molar refractivity (Wildman–Crippen MR) is 90.5 cm³/mol. The van der Waals surface area contributed by atoms with E-state index in [9.17, 15) is 4.79 Å². The number of carbonyl (C=O) groups is 1. The van der Waals surface area contributed by atoms with E-state index in [-0.39, 0.29) is 14.2 Å². The standard InChI is InChI=1S/C17H23BNO2.H2/c1-8-16(2,3)17(4,5)21-18(6)14-11-9-13(10-12-14)15(20)19-7;/h1,9-12H,6H2,2-5,7H3,(H,19,20);1H. The maximum Gasteiger partial charge on any atom is 0.326 e. The number of terminal acetylenes is 1. The van der Waals surface area contributed by atoms with Gasteiger partial charge in [0, 0.05) is 14.0 Å². The molecule has 1 amide bonds. The zero-order valence-electron chi connectivity index (χ0n) is 13.5. The number of hydrogen-bond donors (Lipinski definition) is 1. The van der Waals surface area contributed by atoms with Crippen molar-refractivity contribution in [2.24, 2.45) is 5.41 Å². The van der Waals surface area contributed by atoms with Gasteiger partial charge in [0.1, 0.15) is 0 Å². The van der Waals surface area contributed by atoms with Crippen LogP contribution in [0.3, 0.4) is 0 Å². The van der Waals surface area contributed by atoms with Crippen molar-refractivity contribution in [2.75, 3.05) is 7.05 Å². The molecule has 0 atom stereocenters. The van der Waals surface area contributed by atoms with Gasteiger partial charge < -0.3 is 9.97 Å². The zero-order chi connectivity index (χ0) is 16.3. The molecule has 0 spiro atoms. The molecule has 0 aliphatic carbocycles. The maximum atomic E-state index is 11.5. The molecule has 1 aromatic rings. The van der Waals surface area contributed by atoms with E-state index in [1.165, 1.54) is 0 Å². The van der Waals surface area contributed by atoms with E-state index < -0.39 is 11.0 Å². The third kappa shape index (κ3) is 3.89. The summed E-state index contributed by atoms with van der Waals surface area (Å²) in [4.78, 5) is 11.5. The van der Waals surface area contributed by atoms with Gasteiger partial charge in [-0.05, 0) is 52.1 Å². The summed E-state index contributed by atoms with van der Waals surface area (Å²) in [5.74, 6) is 2.65. The number of carbonyl (C=O) groups excluding carboxylic acids is 1. The van der Waals surface area contributed by atoms with E-state index >= 15 is 0 Å². The van der Waals surface area contributed by atoms with Crippen LogP contribution in [0.2, 0.25) is 0 Å². The molecule has 0 aliphatic rings. The van der Waals surface area contributed by atoms with Crippen molar-refractivity contribution in [3.63, 3.8) is 0 Å². The van der Waals surface area contributed by atoms with Crippen LogP contribution in [0.15, 0.2) is 24.3 Å². The molecule has 113 valence electrons. The highest BCUT2D eigenvalue weighted by Crippen LogP contribution is 2.33. The molecule has 0 saturated heterocycles. The van der Waals surface area contributed by atoms with Gasteiger partial charge in [-0.15, -0.1) is 6.42 Å². The van der Waals surface area contributed by atoms with Gasteiger partial charge in [0.2, 0.25) is 0 Å². The van der Waals surface area contributed by atoms with Crippen molar-refractivity contribution in [2.45, 2.75) is 33.3 Å². The van der Waals surface area contributed by atoms with Crippen molar-refractivity contribution in [3.8, 4) is 12.3 Å². The molecule has 0 heterocycles. The molecule has 0 fully saturated rings. The molecular weight excluding hydrogens is 261 g/mol. The summed E-state index contributed by atoms with van der Waals surface area (Å²) in [6.07, 6.45) is 5.58. The Balaban J connectivity index is 0.00000441. The lowest BCUT2D eigenvalue weighted by Crippen LogP contribution is -2.47. The Kier molecular flexibility index (Phi) is 5.25. The average molecular weight is 286 g/mol. The molecule has 0 saturated carbocycles. The second kappa shape index (κ2) is 6.36. The molecule has 1 N–H and O–H groups in total. The summed E-state index contributed by atoms with van der Waals surface area (Å²) < 4.78 is 6.05.